The Morgan fingerprint density at radius 2 is 1.21 bits per heavy atom. The molecule has 0 aliphatic carbocycles. The van der Waals surface area contributed by atoms with Gasteiger partial charge in [-0.05, 0) is 37.1 Å². The lowest BCUT2D eigenvalue weighted by Gasteiger charge is -2.01. The summed E-state index contributed by atoms with van der Waals surface area (Å²) in [6, 6.07) is 7.23. The van der Waals surface area contributed by atoms with Gasteiger partial charge in [0.25, 0.3) is 0 Å². The van der Waals surface area contributed by atoms with Gasteiger partial charge in [0, 0.05) is 22.6 Å². The molecule has 10 heteroatoms. The lowest BCUT2D eigenvalue weighted by Crippen LogP contribution is -2.17. The summed E-state index contributed by atoms with van der Waals surface area (Å²) in [5.41, 5.74) is 4.99. The summed E-state index contributed by atoms with van der Waals surface area (Å²) in [5, 5.41) is 7.80. The largest absolute Gasteiger partial charge is 0.273 e. The summed E-state index contributed by atoms with van der Waals surface area (Å²) >= 11 is 14.4. The molecule has 2 amide bonds. The first-order valence-corrected chi connectivity index (χ1v) is 11.1. The van der Waals surface area contributed by atoms with E-state index in [-0.39, 0.29) is 11.8 Å². The summed E-state index contributed by atoms with van der Waals surface area (Å²) < 4.78 is 1.36. The van der Waals surface area contributed by atoms with E-state index in [1.54, 1.807) is 24.6 Å². The van der Waals surface area contributed by atoms with Crippen molar-refractivity contribution in [1.29, 1.82) is 0 Å². The molecular formula is C18H20Cl2N4O2S2. The molecule has 0 aliphatic heterocycles. The van der Waals surface area contributed by atoms with Gasteiger partial charge in [0.2, 0.25) is 11.8 Å². The Morgan fingerprint density at radius 1 is 0.786 bits per heavy atom. The van der Waals surface area contributed by atoms with Crippen molar-refractivity contribution < 1.29 is 9.59 Å². The standard InChI is InChI=1S/C18H20Cl2N4O2S2/c19-15-9-7-13(27-15)11-21-23-17(25)5-3-1-2-4-6-18(26)24-22-12-14-8-10-16(20)28-14/h7-12H,1-6H2,(H,23,25)(H,24,26). The summed E-state index contributed by atoms with van der Waals surface area (Å²) in [6.07, 6.45) is 7.22. The molecule has 0 aromatic carbocycles. The average Bonchev–Trinajstić information content (AvgIpc) is 3.26. The number of rotatable bonds is 11. The fraction of sp³-hybridized carbons (Fsp3) is 0.333. The highest BCUT2D eigenvalue weighted by atomic mass is 35.5. The molecule has 0 aliphatic rings. The van der Waals surface area contributed by atoms with Gasteiger partial charge in [0.15, 0.2) is 0 Å². The monoisotopic (exact) mass is 458 g/mol. The van der Waals surface area contributed by atoms with E-state index < -0.39 is 0 Å². The third kappa shape index (κ3) is 9.45. The second-order valence-corrected chi connectivity index (χ2v) is 9.28. The molecule has 6 nitrogen and oxygen atoms in total. The summed E-state index contributed by atoms with van der Waals surface area (Å²) in [7, 11) is 0. The fourth-order valence-electron chi connectivity index (χ4n) is 2.17. The van der Waals surface area contributed by atoms with Gasteiger partial charge >= 0.3 is 0 Å². The van der Waals surface area contributed by atoms with Crippen molar-refractivity contribution in [2.75, 3.05) is 0 Å². The van der Waals surface area contributed by atoms with Gasteiger partial charge in [-0.2, -0.15) is 10.2 Å². The number of hydrogen-bond donors (Lipinski definition) is 2. The van der Waals surface area contributed by atoms with Crippen LogP contribution < -0.4 is 10.9 Å². The SMILES string of the molecule is O=C(CCCCCCC(=O)NN=Cc1ccc(Cl)s1)NN=Cc1ccc(Cl)s1. The predicted molar refractivity (Wildman–Crippen MR) is 118 cm³/mol. The van der Waals surface area contributed by atoms with E-state index >= 15 is 0 Å². The van der Waals surface area contributed by atoms with Crippen molar-refractivity contribution in [3.8, 4) is 0 Å². The molecule has 0 unspecified atom stereocenters. The van der Waals surface area contributed by atoms with Crippen LogP contribution in [0.15, 0.2) is 34.5 Å². The molecule has 2 aromatic heterocycles. The molecule has 2 rings (SSSR count). The lowest BCUT2D eigenvalue weighted by molar-refractivity contribution is -0.122. The maximum atomic E-state index is 11.7. The Balaban J connectivity index is 1.47. The molecule has 0 spiro atoms. The maximum Gasteiger partial charge on any atom is 0.240 e. The van der Waals surface area contributed by atoms with E-state index in [1.807, 2.05) is 12.1 Å². The third-order valence-corrected chi connectivity index (χ3v) is 5.84. The van der Waals surface area contributed by atoms with Crippen LogP contribution in [-0.4, -0.2) is 24.2 Å². The minimum atomic E-state index is -0.125. The highest BCUT2D eigenvalue weighted by Crippen LogP contribution is 2.20. The minimum Gasteiger partial charge on any atom is -0.273 e. The van der Waals surface area contributed by atoms with Crippen LogP contribution in [0.2, 0.25) is 8.67 Å². The topological polar surface area (TPSA) is 82.9 Å². The Kier molecular flexibility index (Phi) is 10.2. The van der Waals surface area contributed by atoms with Crippen molar-refractivity contribution >= 4 is 70.1 Å². The number of halogens is 2. The third-order valence-electron chi connectivity index (χ3n) is 3.51. The van der Waals surface area contributed by atoms with E-state index in [0.717, 1.165) is 35.4 Å². The first-order valence-electron chi connectivity index (χ1n) is 8.67. The molecule has 0 saturated carbocycles. The van der Waals surface area contributed by atoms with Gasteiger partial charge in [0.05, 0.1) is 21.1 Å². The Hall–Kier alpha value is -1.74. The van der Waals surface area contributed by atoms with Crippen LogP contribution in [0.5, 0.6) is 0 Å². The number of nitrogens with zero attached hydrogens (tertiary/aromatic N) is 2. The lowest BCUT2D eigenvalue weighted by atomic mass is 10.1. The fourth-order valence-corrected chi connectivity index (χ4v) is 4.03. The van der Waals surface area contributed by atoms with Gasteiger partial charge in [-0.15, -0.1) is 22.7 Å². The van der Waals surface area contributed by atoms with Crippen molar-refractivity contribution in [2.24, 2.45) is 10.2 Å². The van der Waals surface area contributed by atoms with Crippen LogP contribution in [0.3, 0.4) is 0 Å². The van der Waals surface area contributed by atoms with Crippen molar-refractivity contribution in [1.82, 2.24) is 10.9 Å². The van der Waals surface area contributed by atoms with Gasteiger partial charge in [-0.25, -0.2) is 10.9 Å². The minimum absolute atomic E-state index is 0.125. The molecule has 28 heavy (non-hydrogen) atoms. The Labute approximate surface area is 181 Å². The second kappa shape index (κ2) is 12.7. The second-order valence-electron chi connectivity index (χ2n) is 5.78. The van der Waals surface area contributed by atoms with Crippen molar-refractivity contribution in [3.05, 3.63) is 42.7 Å². The summed E-state index contributed by atoms with van der Waals surface area (Å²) in [5.74, 6) is -0.251. The molecular weight excluding hydrogens is 439 g/mol. The normalized spacial score (nSPS) is 11.4. The van der Waals surface area contributed by atoms with Gasteiger partial charge in [-0.1, -0.05) is 36.0 Å². The van der Waals surface area contributed by atoms with Crippen molar-refractivity contribution in [3.63, 3.8) is 0 Å². The zero-order valence-corrected chi connectivity index (χ0v) is 18.1. The molecule has 0 bridgehead atoms. The number of nitrogens with one attached hydrogen (secondary N) is 2. The zero-order valence-electron chi connectivity index (χ0n) is 15.0. The van der Waals surface area contributed by atoms with Crippen molar-refractivity contribution in [2.45, 2.75) is 38.5 Å². The molecule has 0 atom stereocenters. The number of amides is 2. The van der Waals surface area contributed by atoms with Crippen LogP contribution in [0, 0.1) is 0 Å². The molecule has 2 aromatic rings. The van der Waals surface area contributed by atoms with Crippen LogP contribution in [0.4, 0.5) is 0 Å². The average molecular weight is 459 g/mol. The number of carbonyl (C=O) groups excluding carboxylic acids is 2. The molecule has 2 heterocycles. The maximum absolute atomic E-state index is 11.7. The van der Waals surface area contributed by atoms with E-state index in [4.69, 9.17) is 23.2 Å². The zero-order chi connectivity index (χ0) is 20.2. The number of hydrazone groups is 2. The predicted octanol–water partition coefficient (Wildman–Crippen LogP) is 5.06. The molecule has 0 fully saturated rings. The van der Waals surface area contributed by atoms with Gasteiger partial charge in [-0.3, -0.25) is 9.59 Å². The highest BCUT2D eigenvalue weighted by molar-refractivity contribution is 7.18. The van der Waals surface area contributed by atoms with Crippen LogP contribution in [-0.2, 0) is 9.59 Å². The smallest absolute Gasteiger partial charge is 0.240 e. The van der Waals surface area contributed by atoms with E-state index in [9.17, 15) is 9.59 Å². The molecule has 0 saturated heterocycles. The molecule has 2 N–H and O–H groups in total. The molecule has 150 valence electrons. The molecule has 0 radical (unpaired) electrons. The van der Waals surface area contributed by atoms with Gasteiger partial charge < -0.3 is 0 Å². The number of hydrogen-bond acceptors (Lipinski definition) is 6. The van der Waals surface area contributed by atoms with E-state index in [1.165, 1.54) is 22.7 Å². The summed E-state index contributed by atoms with van der Waals surface area (Å²) in [4.78, 5) is 25.1. The first-order chi connectivity index (χ1) is 13.5. The van der Waals surface area contributed by atoms with Crippen LogP contribution in [0.1, 0.15) is 48.3 Å². The van der Waals surface area contributed by atoms with E-state index in [2.05, 4.69) is 21.1 Å². The van der Waals surface area contributed by atoms with Crippen LogP contribution >= 0.6 is 45.9 Å². The first kappa shape index (κ1) is 22.5. The Bertz CT molecular complexity index is 765. The number of carbonyl (C=O) groups is 2. The van der Waals surface area contributed by atoms with Gasteiger partial charge in [0.1, 0.15) is 0 Å². The summed E-state index contributed by atoms with van der Waals surface area (Å²) in [6.45, 7) is 0. The number of unbranched alkanes of at least 4 members (excludes halogenated alkanes) is 3. The van der Waals surface area contributed by atoms with Crippen LogP contribution in [0.25, 0.3) is 0 Å². The number of thiophene rings is 2. The van der Waals surface area contributed by atoms with E-state index in [0.29, 0.717) is 21.5 Å². The highest BCUT2D eigenvalue weighted by Gasteiger charge is 2.02. The Morgan fingerprint density at radius 3 is 1.57 bits per heavy atom. The quantitative estimate of drug-likeness (QED) is 0.280.